The summed E-state index contributed by atoms with van der Waals surface area (Å²) in [6, 6.07) is 15.2. The molecule has 1 aromatic carbocycles. The van der Waals surface area contributed by atoms with Gasteiger partial charge >= 0.3 is 0 Å². The number of hydrogen-bond donors (Lipinski definition) is 4. The van der Waals surface area contributed by atoms with E-state index >= 15 is 0 Å². The van der Waals surface area contributed by atoms with E-state index in [1.54, 1.807) is 12.3 Å². The normalized spacial score (nSPS) is 10.7. The minimum atomic E-state index is 0.174. The number of para-hydroxylation sites is 2. The lowest BCUT2D eigenvalue weighted by molar-refractivity contribution is 0.994. The van der Waals surface area contributed by atoms with Gasteiger partial charge in [0.25, 0.3) is 0 Å². The molecular formula is C17H16N8. The van der Waals surface area contributed by atoms with Crippen molar-refractivity contribution in [3.05, 3.63) is 60.6 Å². The van der Waals surface area contributed by atoms with E-state index in [0.29, 0.717) is 24.0 Å². The van der Waals surface area contributed by atoms with E-state index in [4.69, 9.17) is 5.73 Å². The first kappa shape index (κ1) is 14.9. The molecule has 4 rings (SSSR count). The van der Waals surface area contributed by atoms with Crippen molar-refractivity contribution in [1.29, 1.82) is 0 Å². The number of anilines is 4. The smallest absolute Gasteiger partial charge is 0.223 e. The highest BCUT2D eigenvalue weighted by molar-refractivity contribution is 5.74. The molecule has 0 aliphatic heterocycles. The summed E-state index contributed by atoms with van der Waals surface area (Å²) in [6.07, 6.45) is 1.70. The van der Waals surface area contributed by atoms with Crippen LogP contribution in [0.4, 0.5) is 23.4 Å². The predicted octanol–water partition coefficient (Wildman–Crippen LogP) is 2.69. The van der Waals surface area contributed by atoms with Gasteiger partial charge in [0.05, 0.1) is 17.6 Å². The molecular weight excluding hydrogens is 316 g/mol. The van der Waals surface area contributed by atoms with Gasteiger partial charge in [0.2, 0.25) is 5.95 Å². The summed E-state index contributed by atoms with van der Waals surface area (Å²) in [5, 5.41) is 6.30. The van der Waals surface area contributed by atoms with Crippen LogP contribution in [0.25, 0.3) is 11.0 Å². The van der Waals surface area contributed by atoms with Gasteiger partial charge in [-0.1, -0.05) is 18.2 Å². The molecule has 25 heavy (non-hydrogen) atoms. The Morgan fingerprint density at radius 2 is 1.76 bits per heavy atom. The fourth-order valence-corrected chi connectivity index (χ4v) is 2.45. The average Bonchev–Trinajstić information content (AvgIpc) is 3.03. The minimum Gasteiger partial charge on any atom is -0.368 e. The lowest BCUT2D eigenvalue weighted by Gasteiger charge is -2.08. The van der Waals surface area contributed by atoms with Crippen molar-refractivity contribution in [3.8, 4) is 0 Å². The first-order chi connectivity index (χ1) is 12.3. The molecule has 0 fully saturated rings. The summed E-state index contributed by atoms with van der Waals surface area (Å²) in [5.41, 5.74) is 7.73. The van der Waals surface area contributed by atoms with Crippen molar-refractivity contribution < 1.29 is 0 Å². The Balaban J connectivity index is 1.50. The minimum absolute atomic E-state index is 0.174. The Hall–Kier alpha value is -3.68. The summed E-state index contributed by atoms with van der Waals surface area (Å²) in [4.78, 5) is 20.4. The Kier molecular flexibility index (Phi) is 3.83. The summed E-state index contributed by atoms with van der Waals surface area (Å²) in [5.74, 6) is 2.85. The zero-order valence-electron chi connectivity index (χ0n) is 13.3. The van der Waals surface area contributed by atoms with Crippen LogP contribution in [0.1, 0.15) is 5.82 Å². The maximum absolute atomic E-state index is 5.80. The van der Waals surface area contributed by atoms with Gasteiger partial charge < -0.3 is 21.4 Å². The van der Waals surface area contributed by atoms with E-state index in [2.05, 4.69) is 35.6 Å². The maximum Gasteiger partial charge on any atom is 0.223 e. The molecule has 0 aliphatic rings. The van der Waals surface area contributed by atoms with Crippen LogP contribution in [-0.4, -0.2) is 24.9 Å². The topological polar surface area (TPSA) is 117 Å². The molecule has 0 bridgehead atoms. The van der Waals surface area contributed by atoms with E-state index in [9.17, 15) is 0 Å². The van der Waals surface area contributed by atoms with Crippen molar-refractivity contribution in [2.24, 2.45) is 0 Å². The summed E-state index contributed by atoms with van der Waals surface area (Å²) in [6.45, 7) is 0.494. The zero-order valence-corrected chi connectivity index (χ0v) is 13.3. The third-order valence-corrected chi connectivity index (χ3v) is 3.54. The Morgan fingerprint density at radius 1 is 0.920 bits per heavy atom. The van der Waals surface area contributed by atoms with Crippen LogP contribution in [-0.2, 0) is 6.54 Å². The standard InChI is InChI=1S/C17H16N8/c18-17-24-14(9-15(25-17)23-13-7-3-4-8-19-13)20-10-16-21-11-5-1-2-6-12(11)22-16/h1-9H,10H2,(H,21,22)(H4,18,19,20,23,24,25). The summed E-state index contributed by atoms with van der Waals surface area (Å²) < 4.78 is 0. The SMILES string of the molecule is Nc1nc(NCc2nc3ccccc3[nH]2)cc(Nc2ccccn2)n1. The van der Waals surface area contributed by atoms with Gasteiger partial charge in [0.15, 0.2) is 0 Å². The molecule has 0 atom stereocenters. The Bertz CT molecular complexity index is 963. The van der Waals surface area contributed by atoms with Crippen LogP contribution < -0.4 is 16.4 Å². The van der Waals surface area contributed by atoms with Crippen molar-refractivity contribution in [2.45, 2.75) is 6.54 Å². The fraction of sp³-hybridized carbons (Fsp3) is 0.0588. The number of fused-ring (bicyclic) bond motifs is 1. The molecule has 8 heteroatoms. The van der Waals surface area contributed by atoms with Crippen LogP contribution in [0.15, 0.2) is 54.7 Å². The number of nitrogens with two attached hydrogens (primary N) is 1. The van der Waals surface area contributed by atoms with E-state index in [-0.39, 0.29) is 5.95 Å². The van der Waals surface area contributed by atoms with Crippen molar-refractivity contribution in [2.75, 3.05) is 16.4 Å². The first-order valence-corrected chi connectivity index (χ1v) is 7.76. The number of benzene rings is 1. The maximum atomic E-state index is 5.80. The highest BCUT2D eigenvalue weighted by Gasteiger charge is 2.06. The van der Waals surface area contributed by atoms with Gasteiger partial charge in [0.1, 0.15) is 23.3 Å². The van der Waals surface area contributed by atoms with E-state index in [1.165, 1.54) is 0 Å². The number of aromatic nitrogens is 5. The van der Waals surface area contributed by atoms with Crippen LogP contribution in [0.3, 0.4) is 0 Å². The number of imidazole rings is 1. The lowest BCUT2D eigenvalue weighted by atomic mass is 10.3. The van der Waals surface area contributed by atoms with Crippen LogP contribution in [0.5, 0.6) is 0 Å². The number of rotatable bonds is 5. The molecule has 0 unspecified atom stereocenters. The molecule has 3 heterocycles. The van der Waals surface area contributed by atoms with Gasteiger partial charge in [-0.3, -0.25) is 0 Å². The lowest BCUT2D eigenvalue weighted by Crippen LogP contribution is -2.07. The molecule has 4 aromatic rings. The van der Waals surface area contributed by atoms with E-state index < -0.39 is 0 Å². The van der Waals surface area contributed by atoms with Crippen molar-refractivity contribution in [3.63, 3.8) is 0 Å². The highest BCUT2D eigenvalue weighted by atomic mass is 15.1. The zero-order chi connectivity index (χ0) is 17.1. The third-order valence-electron chi connectivity index (χ3n) is 3.54. The van der Waals surface area contributed by atoms with E-state index in [1.807, 2.05) is 42.5 Å². The molecule has 3 aromatic heterocycles. The predicted molar refractivity (Wildman–Crippen MR) is 97.4 cm³/mol. The number of aromatic amines is 1. The molecule has 0 radical (unpaired) electrons. The number of nitrogens with zero attached hydrogens (tertiary/aromatic N) is 4. The number of hydrogen-bond acceptors (Lipinski definition) is 7. The highest BCUT2D eigenvalue weighted by Crippen LogP contribution is 2.17. The molecule has 8 nitrogen and oxygen atoms in total. The van der Waals surface area contributed by atoms with Gasteiger partial charge in [-0.25, -0.2) is 9.97 Å². The van der Waals surface area contributed by atoms with Crippen molar-refractivity contribution >= 4 is 34.4 Å². The van der Waals surface area contributed by atoms with Gasteiger partial charge in [-0.2, -0.15) is 9.97 Å². The number of H-pyrrole nitrogens is 1. The Morgan fingerprint density at radius 3 is 2.60 bits per heavy atom. The van der Waals surface area contributed by atoms with Crippen LogP contribution in [0, 0.1) is 0 Å². The second-order valence-electron chi connectivity index (χ2n) is 5.39. The van der Waals surface area contributed by atoms with Crippen LogP contribution in [0.2, 0.25) is 0 Å². The second kappa shape index (κ2) is 6.44. The van der Waals surface area contributed by atoms with Gasteiger partial charge in [-0.15, -0.1) is 0 Å². The first-order valence-electron chi connectivity index (χ1n) is 7.76. The molecule has 0 saturated heterocycles. The molecule has 0 saturated carbocycles. The van der Waals surface area contributed by atoms with Crippen molar-refractivity contribution in [1.82, 2.24) is 24.9 Å². The average molecular weight is 332 g/mol. The molecule has 0 spiro atoms. The second-order valence-corrected chi connectivity index (χ2v) is 5.39. The van der Waals surface area contributed by atoms with Gasteiger partial charge in [0, 0.05) is 12.3 Å². The number of pyridine rings is 1. The van der Waals surface area contributed by atoms with Gasteiger partial charge in [-0.05, 0) is 24.3 Å². The quantitative estimate of drug-likeness (QED) is 0.444. The van der Waals surface area contributed by atoms with Crippen LogP contribution >= 0.6 is 0 Å². The molecule has 0 amide bonds. The Labute approximate surface area is 143 Å². The van der Waals surface area contributed by atoms with E-state index in [0.717, 1.165) is 16.9 Å². The number of nitrogen functional groups attached to an aromatic ring is 1. The molecule has 0 aliphatic carbocycles. The largest absolute Gasteiger partial charge is 0.368 e. The third kappa shape index (κ3) is 3.47. The number of nitrogens with one attached hydrogen (secondary N) is 3. The fourth-order valence-electron chi connectivity index (χ4n) is 2.45. The molecule has 124 valence electrons. The monoisotopic (exact) mass is 332 g/mol. The summed E-state index contributed by atoms with van der Waals surface area (Å²) >= 11 is 0. The molecule has 5 N–H and O–H groups in total. The summed E-state index contributed by atoms with van der Waals surface area (Å²) in [7, 11) is 0.